The number of halogens is 2. The first kappa shape index (κ1) is 30.1. The van der Waals surface area contributed by atoms with E-state index in [2.05, 4.69) is 26.0 Å². The number of nitrogens with two attached hydrogens (primary N) is 1. The fraction of sp³-hybridized carbons (Fsp3) is 0.474. The molecular weight excluding hydrogens is 610 g/mol. The lowest BCUT2D eigenvalue weighted by Gasteiger charge is -2.39. The zero-order valence-electron chi connectivity index (χ0n) is 26.9. The highest BCUT2D eigenvalue weighted by atomic mass is 19.1. The van der Waals surface area contributed by atoms with Crippen molar-refractivity contribution in [2.75, 3.05) is 31.1 Å². The van der Waals surface area contributed by atoms with E-state index in [0.717, 1.165) is 45.1 Å². The van der Waals surface area contributed by atoms with Crippen molar-refractivity contribution >= 4 is 27.5 Å². The van der Waals surface area contributed by atoms with Gasteiger partial charge in [0.05, 0.1) is 12.2 Å². The van der Waals surface area contributed by atoms with Gasteiger partial charge in [-0.2, -0.15) is 9.97 Å². The SMILES string of the molecule is C#Cc1cccc2cc(O)cc(-c3c(F)cc4c(N5CC6CCC(C5)N6)nc(OCC5(CN6C7CCC6CC(N)C7)CC5)nc4c3F)c12. The maximum atomic E-state index is 17.0. The fourth-order valence-corrected chi connectivity index (χ4v) is 9.12. The summed E-state index contributed by atoms with van der Waals surface area (Å²) in [5.41, 5.74) is 6.69. The summed E-state index contributed by atoms with van der Waals surface area (Å²) in [6, 6.07) is 11.5. The highest BCUT2D eigenvalue weighted by Crippen LogP contribution is 2.50. The third kappa shape index (κ3) is 5.06. The molecule has 0 amide bonds. The molecule has 5 heterocycles. The summed E-state index contributed by atoms with van der Waals surface area (Å²) in [7, 11) is 0. The number of benzene rings is 3. The third-order valence-electron chi connectivity index (χ3n) is 11.6. The molecule has 4 saturated heterocycles. The number of phenolic OH excluding ortho intramolecular Hbond substituents is 1. The van der Waals surface area contributed by atoms with Gasteiger partial charge in [-0.05, 0) is 81.0 Å². The summed E-state index contributed by atoms with van der Waals surface area (Å²) in [6.07, 6.45) is 14.5. The smallest absolute Gasteiger partial charge is 0.319 e. The van der Waals surface area contributed by atoms with E-state index in [-0.39, 0.29) is 51.9 Å². The molecule has 248 valence electrons. The Morgan fingerprint density at radius 1 is 1.04 bits per heavy atom. The second-order valence-electron chi connectivity index (χ2n) is 14.9. The van der Waals surface area contributed by atoms with Gasteiger partial charge in [-0.3, -0.25) is 4.90 Å². The van der Waals surface area contributed by atoms with Crippen LogP contribution >= 0.6 is 0 Å². The Morgan fingerprint density at radius 2 is 1.79 bits per heavy atom. The van der Waals surface area contributed by atoms with Crippen molar-refractivity contribution in [2.45, 2.75) is 81.6 Å². The number of ether oxygens (including phenoxy) is 1. The highest BCUT2D eigenvalue weighted by Gasteiger charge is 2.50. The van der Waals surface area contributed by atoms with E-state index in [1.807, 2.05) is 0 Å². The van der Waals surface area contributed by atoms with Crippen LogP contribution in [0.2, 0.25) is 0 Å². The molecule has 4 unspecified atom stereocenters. The van der Waals surface area contributed by atoms with Crippen molar-refractivity contribution in [2.24, 2.45) is 11.1 Å². The van der Waals surface area contributed by atoms with Crippen LogP contribution in [0.15, 0.2) is 36.4 Å². The van der Waals surface area contributed by atoms with Crippen molar-refractivity contribution in [1.29, 1.82) is 0 Å². The number of terminal acetylenes is 1. The number of aromatic nitrogens is 2. The number of fused-ring (bicyclic) bond motifs is 6. The number of rotatable bonds is 7. The predicted molar refractivity (Wildman–Crippen MR) is 182 cm³/mol. The molecule has 5 aliphatic rings. The van der Waals surface area contributed by atoms with Crippen LogP contribution in [0, 0.1) is 29.4 Å². The molecule has 1 aliphatic carbocycles. The van der Waals surface area contributed by atoms with Crippen molar-refractivity contribution in [3.05, 3.63) is 53.6 Å². The average molecular weight is 651 g/mol. The van der Waals surface area contributed by atoms with Gasteiger partial charge in [0.25, 0.3) is 0 Å². The van der Waals surface area contributed by atoms with Crippen molar-refractivity contribution < 1.29 is 18.6 Å². The molecule has 9 rings (SSSR count). The number of anilines is 1. The van der Waals surface area contributed by atoms with E-state index < -0.39 is 11.6 Å². The Balaban J connectivity index is 1.12. The van der Waals surface area contributed by atoms with Crippen LogP contribution in [-0.4, -0.2) is 76.4 Å². The van der Waals surface area contributed by atoms with Crippen LogP contribution in [0.3, 0.4) is 0 Å². The van der Waals surface area contributed by atoms with Gasteiger partial charge in [0, 0.05) is 77.2 Å². The molecule has 4 aromatic rings. The van der Waals surface area contributed by atoms with Crippen LogP contribution in [0.1, 0.15) is 56.9 Å². The van der Waals surface area contributed by atoms with Gasteiger partial charge in [0.2, 0.25) is 0 Å². The lowest BCUT2D eigenvalue weighted by Crippen LogP contribution is -2.51. The van der Waals surface area contributed by atoms with E-state index >= 15 is 8.78 Å². The maximum absolute atomic E-state index is 17.0. The fourth-order valence-electron chi connectivity index (χ4n) is 9.12. The van der Waals surface area contributed by atoms with Gasteiger partial charge in [0.15, 0.2) is 5.82 Å². The Kier molecular flexibility index (Phi) is 7.05. The number of phenols is 1. The second-order valence-corrected chi connectivity index (χ2v) is 14.9. The van der Waals surface area contributed by atoms with E-state index in [4.69, 9.17) is 21.9 Å². The quantitative estimate of drug-likeness (QED) is 0.227. The summed E-state index contributed by atoms with van der Waals surface area (Å²) < 4.78 is 39.7. The number of nitrogens with zero attached hydrogens (tertiary/aromatic N) is 4. The number of aromatic hydroxyl groups is 1. The molecule has 10 heteroatoms. The lowest BCUT2D eigenvalue weighted by atomic mass is 9.93. The van der Waals surface area contributed by atoms with Crippen LogP contribution in [-0.2, 0) is 0 Å². The summed E-state index contributed by atoms with van der Waals surface area (Å²) in [6.45, 7) is 2.76. The largest absolute Gasteiger partial charge is 0.508 e. The maximum Gasteiger partial charge on any atom is 0.319 e. The van der Waals surface area contributed by atoms with E-state index in [1.165, 1.54) is 25.0 Å². The first-order valence-electron chi connectivity index (χ1n) is 17.3. The van der Waals surface area contributed by atoms with Crippen molar-refractivity contribution in [1.82, 2.24) is 20.2 Å². The lowest BCUT2D eigenvalue weighted by molar-refractivity contribution is 0.0808. The summed E-state index contributed by atoms with van der Waals surface area (Å²) >= 11 is 0. The Bertz CT molecular complexity index is 1970. The van der Waals surface area contributed by atoms with Gasteiger partial charge in [-0.25, -0.2) is 8.78 Å². The first-order valence-corrected chi connectivity index (χ1v) is 17.3. The Labute approximate surface area is 278 Å². The molecule has 0 radical (unpaired) electrons. The number of hydrogen-bond donors (Lipinski definition) is 3. The molecule has 1 aromatic heterocycles. The number of piperazine rings is 1. The standard InChI is InChI=1S/C38H40F2N6O2/c1-2-21-4-3-5-22-12-28(47)15-29(32(21)22)33-31(39)16-30-35(34(33)40)43-37(44-36(30)45-17-24-6-7-25(18-45)42-24)48-20-38(10-11-38)19-46-26-8-9-27(46)14-23(41)13-26/h1,3-5,12,15-16,23-27,42,47H,6-11,13-14,17-20,41H2. The molecule has 5 fully saturated rings. The van der Waals surface area contributed by atoms with Crippen LogP contribution in [0.4, 0.5) is 14.6 Å². The summed E-state index contributed by atoms with van der Waals surface area (Å²) in [4.78, 5) is 14.3. The molecular formula is C38H40F2N6O2. The number of nitrogens with one attached hydrogen (secondary N) is 1. The molecule has 4 N–H and O–H groups in total. The molecule has 0 spiro atoms. The van der Waals surface area contributed by atoms with E-state index in [9.17, 15) is 5.11 Å². The second kappa shape index (κ2) is 11.3. The predicted octanol–water partition coefficient (Wildman–Crippen LogP) is 5.47. The minimum absolute atomic E-state index is 0.00745. The molecule has 3 aromatic carbocycles. The molecule has 8 nitrogen and oxygen atoms in total. The number of hydrogen-bond acceptors (Lipinski definition) is 8. The van der Waals surface area contributed by atoms with E-state index in [1.54, 1.807) is 24.3 Å². The third-order valence-corrected chi connectivity index (χ3v) is 11.6. The molecule has 4 bridgehead atoms. The summed E-state index contributed by atoms with van der Waals surface area (Å²) in [5, 5.41) is 15.6. The van der Waals surface area contributed by atoms with E-state index in [0.29, 0.717) is 59.3 Å². The molecule has 4 aliphatic heterocycles. The minimum Gasteiger partial charge on any atom is -0.508 e. The summed E-state index contributed by atoms with van der Waals surface area (Å²) in [5.74, 6) is 1.39. The monoisotopic (exact) mass is 650 g/mol. The minimum atomic E-state index is -0.835. The van der Waals surface area contributed by atoms with Crippen LogP contribution in [0.5, 0.6) is 11.8 Å². The van der Waals surface area contributed by atoms with Crippen molar-refractivity contribution in [3.63, 3.8) is 0 Å². The zero-order chi connectivity index (χ0) is 32.7. The first-order chi connectivity index (χ1) is 23.3. The van der Waals surface area contributed by atoms with Crippen molar-refractivity contribution in [3.8, 4) is 35.2 Å². The van der Waals surface area contributed by atoms with Crippen LogP contribution in [0.25, 0.3) is 32.8 Å². The molecule has 48 heavy (non-hydrogen) atoms. The van der Waals surface area contributed by atoms with Gasteiger partial charge in [0.1, 0.15) is 22.9 Å². The van der Waals surface area contributed by atoms with Gasteiger partial charge in [-0.15, -0.1) is 6.42 Å². The van der Waals surface area contributed by atoms with Gasteiger partial charge in [-0.1, -0.05) is 18.1 Å². The topological polar surface area (TPSA) is 99.8 Å². The Hall–Kier alpha value is -4.04. The Morgan fingerprint density at radius 3 is 2.50 bits per heavy atom. The van der Waals surface area contributed by atoms with Crippen LogP contribution < -0.4 is 20.7 Å². The molecule has 4 atom stereocenters. The molecule has 1 saturated carbocycles. The zero-order valence-corrected chi connectivity index (χ0v) is 26.9. The highest BCUT2D eigenvalue weighted by molar-refractivity contribution is 6.04. The number of piperidine rings is 1. The van der Waals surface area contributed by atoms with Gasteiger partial charge >= 0.3 is 6.01 Å². The van der Waals surface area contributed by atoms with Gasteiger partial charge < -0.3 is 25.8 Å². The normalized spacial score (nSPS) is 27.5. The average Bonchev–Trinajstić information content (AvgIpc) is 3.70.